The molecule has 2 nitrogen and oxygen atoms in total. The third-order valence-corrected chi connectivity index (χ3v) is 6.18. The van der Waals surface area contributed by atoms with Crippen LogP contribution in [0.1, 0.15) is 76.4 Å². The van der Waals surface area contributed by atoms with Gasteiger partial charge in [0.2, 0.25) is 0 Å². The summed E-state index contributed by atoms with van der Waals surface area (Å²) in [5, 5.41) is 7.64. The van der Waals surface area contributed by atoms with Crippen molar-refractivity contribution in [3.63, 3.8) is 0 Å². The molecule has 0 aromatic carbocycles. The molecule has 1 aromatic rings. The number of hydrogen-bond donors (Lipinski definition) is 1. The molecule has 0 saturated heterocycles. The fourth-order valence-electron chi connectivity index (χ4n) is 3.54. The van der Waals surface area contributed by atoms with Gasteiger partial charge < -0.3 is 5.32 Å². The van der Waals surface area contributed by atoms with Gasteiger partial charge in [-0.15, -0.1) is 11.3 Å². The van der Waals surface area contributed by atoms with E-state index in [1.165, 1.54) is 42.8 Å². The Bertz CT molecular complexity index is 459. The van der Waals surface area contributed by atoms with Crippen LogP contribution < -0.4 is 5.32 Å². The molecule has 0 spiro atoms. The first kappa shape index (κ1) is 14.5. The van der Waals surface area contributed by atoms with E-state index in [0.717, 1.165) is 12.0 Å². The lowest BCUT2D eigenvalue weighted by Gasteiger charge is -2.45. The smallest absolute Gasteiger partial charge is 0.113 e. The van der Waals surface area contributed by atoms with Crippen molar-refractivity contribution in [1.29, 1.82) is 0 Å². The fourth-order valence-corrected chi connectivity index (χ4v) is 4.81. The lowest BCUT2D eigenvalue weighted by atomic mass is 9.70. The van der Waals surface area contributed by atoms with E-state index in [4.69, 9.17) is 4.98 Å². The Hall–Kier alpha value is -0.410. The van der Waals surface area contributed by atoms with Gasteiger partial charge >= 0.3 is 0 Å². The lowest BCUT2D eigenvalue weighted by Crippen LogP contribution is -2.52. The Morgan fingerprint density at radius 1 is 1.25 bits per heavy atom. The van der Waals surface area contributed by atoms with Crippen molar-refractivity contribution in [2.45, 2.75) is 77.3 Å². The minimum Gasteiger partial charge on any atom is -0.302 e. The maximum atomic E-state index is 5.03. The van der Waals surface area contributed by atoms with E-state index in [0.29, 0.717) is 11.8 Å². The van der Waals surface area contributed by atoms with Crippen molar-refractivity contribution in [2.75, 3.05) is 0 Å². The molecule has 112 valence electrons. The van der Waals surface area contributed by atoms with Crippen LogP contribution in [0.15, 0.2) is 5.38 Å². The largest absolute Gasteiger partial charge is 0.302 e. The first-order valence-electron chi connectivity index (χ1n) is 8.25. The second-order valence-corrected chi connectivity index (χ2v) is 8.27. The first-order chi connectivity index (χ1) is 9.51. The van der Waals surface area contributed by atoms with E-state index in [1.807, 2.05) is 11.3 Å². The van der Waals surface area contributed by atoms with E-state index in [9.17, 15) is 0 Å². The second kappa shape index (κ2) is 5.42. The Labute approximate surface area is 127 Å². The number of thiazole rings is 1. The first-order valence-corrected chi connectivity index (χ1v) is 9.13. The van der Waals surface area contributed by atoms with Crippen LogP contribution in [0.4, 0.5) is 0 Å². The van der Waals surface area contributed by atoms with Crippen LogP contribution in [0, 0.1) is 11.8 Å². The Balaban J connectivity index is 1.94. The summed E-state index contributed by atoms with van der Waals surface area (Å²) in [6.07, 6.45) is 6.67. The molecular formula is C17H28N2S. The van der Waals surface area contributed by atoms with Gasteiger partial charge in [0.1, 0.15) is 5.01 Å². The molecule has 0 aliphatic heterocycles. The number of hydrogen-bond acceptors (Lipinski definition) is 3. The van der Waals surface area contributed by atoms with Gasteiger partial charge in [0.15, 0.2) is 0 Å². The van der Waals surface area contributed by atoms with E-state index < -0.39 is 0 Å². The van der Waals surface area contributed by atoms with Gasteiger partial charge in [-0.1, -0.05) is 34.1 Å². The molecule has 0 radical (unpaired) electrons. The van der Waals surface area contributed by atoms with Gasteiger partial charge in [0.05, 0.1) is 11.2 Å². The Morgan fingerprint density at radius 2 is 2.00 bits per heavy atom. The van der Waals surface area contributed by atoms with Crippen molar-refractivity contribution in [3.05, 3.63) is 16.1 Å². The van der Waals surface area contributed by atoms with Gasteiger partial charge in [-0.2, -0.15) is 0 Å². The SMILES string of the molecule is CC1CCC(C)C(NC2CC2)(c2nc(C(C)C)cs2)C1. The average molecular weight is 292 g/mol. The molecule has 3 atom stereocenters. The maximum Gasteiger partial charge on any atom is 0.113 e. The molecule has 2 fully saturated rings. The Kier molecular flexibility index (Phi) is 3.93. The van der Waals surface area contributed by atoms with Gasteiger partial charge in [-0.3, -0.25) is 0 Å². The second-order valence-electron chi connectivity index (χ2n) is 7.41. The van der Waals surface area contributed by atoms with Crippen molar-refractivity contribution < 1.29 is 0 Å². The van der Waals surface area contributed by atoms with Gasteiger partial charge in [-0.05, 0) is 43.4 Å². The average Bonchev–Trinajstić information content (AvgIpc) is 3.06. The van der Waals surface area contributed by atoms with Crippen molar-refractivity contribution in [3.8, 4) is 0 Å². The molecular weight excluding hydrogens is 264 g/mol. The van der Waals surface area contributed by atoms with Crippen molar-refractivity contribution in [1.82, 2.24) is 10.3 Å². The van der Waals surface area contributed by atoms with E-state index >= 15 is 0 Å². The van der Waals surface area contributed by atoms with Crippen LogP contribution >= 0.6 is 11.3 Å². The number of rotatable bonds is 4. The number of nitrogens with zero attached hydrogens (tertiary/aromatic N) is 1. The van der Waals surface area contributed by atoms with E-state index in [-0.39, 0.29) is 5.54 Å². The summed E-state index contributed by atoms with van der Waals surface area (Å²) in [6, 6.07) is 0.745. The van der Waals surface area contributed by atoms with Crippen LogP contribution in [0.3, 0.4) is 0 Å². The zero-order valence-corrected chi connectivity index (χ0v) is 14.1. The molecule has 3 heteroatoms. The zero-order chi connectivity index (χ0) is 14.3. The highest BCUT2D eigenvalue weighted by atomic mass is 32.1. The standard InChI is InChI=1S/C17H28N2S/c1-11(2)15-10-20-16(18-15)17(19-14-7-8-14)9-12(3)5-6-13(17)4/h10-14,19H,5-9H2,1-4H3. The van der Waals surface area contributed by atoms with Crippen LogP contribution in [0.25, 0.3) is 0 Å². The molecule has 2 aliphatic rings. The van der Waals surface area contributed by atoms with Gasteiger partial charge in [-0.25, -0.2) is 4.98 Å². The molecule has 3 unspecified atom stereocenters. The summed E-state index contributed by atoms with van der Waals surface area (Å²) in [5.74, 6) is 2.05. The van der Waals surface area contributed by atoms with Crippen LogP contribution in [-0.2, 0) is 5.54 Å². The molecule has 1 N–H and O–H groups in total. The minimum atomic E-state index is 0.149. The highest BCUT2D eigenvalue weighted by molar-refractivity contribution is 7.09. The third kappa shape index (κ3) is 2.67. The normalized spacial score (nSPS) is 34.6. The molecule has 2 saturated carbocycles. The van der Waals surface area contributed by atoms with E-state index in [1.54, 1.807) is 0 Å². The quantitative estimate of drug-likeness (QED) is 0.872. The summed E-state index contributed by atoms with van der Waals surface area (Å²) in [6.45, 7) is 9.32. The predicted octanol–water partition coefficient (Wildman–Crippen LogP) is 4.67. The maximum absolute atomic E-state index is 5.03. The molecule has 0 amide bonds. The Morgan fingerprint density at radius 3 is 2.60 bits per heavy atom. The summed E-state index contributed by atoms with van der Waals surface area (Å²) < 4.78 is 0. The molecule has 1 heterocycles. The molecule has 3 rings (SSSR count). The van der Waals surface area contributed by atoms with Crippen LogP contribution in [0.2, 0.25) is 0 Å². The fraction of sp³-hybridized carbons (Fsp3) is 0.824. The summed E-state index contributed by atoms with van der Waals surface area (Å²) in [4.78, 5) is 5.03. The highest BCUT2D eigenvalue weighted by Crippen LogP contribution is 2.47. The highest BCUT2D eigenvalue weighted by Gasteiger charge is 2.46. The zero-order valence-electron chi connectivity index (χ0n) is 13.3. The summed E-state index contributed by atoms with van der Waals surface area (Å²) in [7, 11) is 0. The van der Waals surface area contributed by atoms with Gasteiger partial charge in [0, 0.05) is 11.4 Å². The monoisotopic (exact) mass is 292 g/mol. The summed E-state index contributed by atoms with van der Waals surface area (Å²) >= 11 is 1.89. The van der Waals surface area contributed by atoms with Crippen molar-refractivity contribution in [2.24, 2.45) is 11.8 Å². The molecule has 1 aromatic heterocycles. The molecule has 2 aliphatic carbocycles. The van der Waals surface area contributed by atoms with Crippen LogP contribution in [-0.4, -0.2) is 11.0 Å². The lowest BCUT2D eigenvalue weighted by molar-refractivity contribution is 0.115. The minimum absolute atomic E-state index is 0.149. The van der Waals surface area contributed by atoms with Crippen molar-refractivity contribution >= 4 is 11.3 Å². The topological polar surface area (TPSA) is 24.9 Å². The number of nitrogens with one attached hydrogen (secondary N) is 1. The predicted molar refractivity (Wildman–Crippen MR) is 86.2 cm³/mol. The molecule has 0 bridgehead atoms. The third-order valence-electron chi connectivity index (χ3n) is 5.14. The van der Waals surface area contributed by atoms with Gasteiger partial charge in [0.25, 0.3) is 0 Å². The number of aromatic nitrogens is 1. The van der Waals surface area contributed by atoms with E-state index in [2.05, 4.69) is 38.4 Å². The summed E-state index contributed by atoms with van der Waals surface area (Å²) in [5.41, 5.74) is 1.42. The molecule has 20 heavy (non-hydrogen) atoms. The van der Waals surface area contributed by atoms with Crippen LogP contribution in [0.5, 0.6) is 0 Å².